The molecule has 1 aliphatic heterocycles. The second-order valence-corrected chi connectivity index (χ2v) is 10.1. The van der Waals surface area contributed by atoms with Gasteiger partial charge in [0.15, 0.2) is 0 Å². The summed E-state index contributed by atoms with van der Waals surface area (Å²) >= 11 is 0. The number of hydrogen-bond acceptors (Lipinski definition) is 5. The summed E-state index contributed by atoms with van der Waals surface area (Å²) in [5.41, 5.74) is 2.69. The maximum Gasteiger partial charge on any atom is 0.307 e. The molecule has 0 aromatic rings. The van der Waals surface area contributed by atoms with Crippen LogP contribution >= 0.6 is 0 Å². The molecule has 3 fully saturated rings. The molecule has 0 bridgehead atoms. The maximum atomic E-state index is 11.4. The van der Waals surface area contributed by atoms with E-state index in [0.29, 0.717) is 23.7 Å². The smallest absolute Gasteiger partial charge is 0.307 e. The zero-order valence-corrected chi connectivity index (χ0v) is 18.6. The number of allylic oxidation sites excluding steroid dienone is 1. The van der Waals surface area contributed by atoms with Gasteiger partial charge in [-0.2, -0.15) is 0 Å². The van der Waals surface area contributed by atoms with Crippen molar-refractivity contribution in [3.63, 3.8) is 0 Å². The zero-order valence-electron chi connectivity index (χ0n) is 18.6. The molecule has 0 radical (unpaired) electrons. The third-order valence-electron chi connectivity index (χ3n) is 7.57. The van der Waals surface area contributed by atoms with Crippen molar-refractivity contribution in [2.75, 3.05) is 0 Å². The number of esters is 2. The topological polar surface area (TPSA) is 61.8 Å². The molecule has 0 N–H and O–H groups in total. The van der Waals surface area contributed by atoms with Crippen molar-refractivity contribution >= 4 is 11.9 Å². The van der Waals surface area contributed by atoms with Crippen molar-refractivity contribution in [3.05, 3.63) is 24.0 Å². The molecule has 3 rings (SSSR count). The predicted molar refractivity (Wildman–Crippen MR) is 111 cm³/mol. The first-order valence-electron chi connectivity index (χ1n) is 10.9. The minimum absolute atomic E-state index is 0.187. The van der Waals surface area contributed by atoms with Crippen LogP contribution in [-0.4, -0.2) is 24.3 Å². The Morgan fingerprint density at radius 3 is 2.59 bits per heavy atom. The van der Waals surface area contributed by atoms with Gasteiger partial charge in [0, 0.05) is 25.8 Å². The van der Waals surface area contributed by atoms with Gasteiger partial charge in [-0.3, -0.25) is 9.59 Å². The fourth-order valence-corrected chi connectivity index (χ4v) is 6.31. The van der Waals surface area contributed by atoms with Gasteiger partial charge in [-0.15, -0.1) is 0 Å². The summed E-state index contributed by atoms with van der Waals surface area (Å²) in [5, 5.41) is 0. The molecule has 0 spiro atoms. The average Bonchev–Trinajstić information content (AvgIpc) is 2.96. The van der Waals surface area contributed by atoms with E-state index in [1.807, 2.05) is 0 Å². The van der Waals surface area contributed by atoms with Crippen LogP contribution in [0.1, 0.15) is 79.6 Å². The van der Waals surface area contributed by atoms with E-state index in [1.54, 1.807) is 0 Å². The SMILES string of the molecule is C=C1CCC2C(C)(C)CCCC2(C)C1CC1OC(OC(C)=O)CC1=COC(C)=O. The van der Waals surface area contributed by atoms with Crippen LogP contribution in [0.2, 0.25) is 0 Å². The van der Waals surface area contributed by atoms with Gasteiger partial charge in [0.2, 0.25) is 6.29 Å². The number of carbonyl (C=O) groups is 2. The van der Waals surface area contributed by atoms with E-state index in [-0.39, 0.29) is 23.5 Å². The van der Waals surface area contributed by atoms with Crippen molar-refractivity contribution in [1.29, 1.82) is 0 Å². The van der Waals surface area contributed by atoms with E-state index in [2.05, 4.69) is 27.4 Å². The molecule has 5 heteroatoms. The molecule has 162 valence electrons. The second-order valence-electron chi connectivity index (χ2n) is 10.1. The molecule has 29 heavy (non-hydrogen) atoms. The first kappa shape index (κ1) is 22.1. The second kappa shape index (κ2) is 8.25. The highest BCUT2D eigenvalue weighted by molar-refractivity contribution is 5.67. The molecule has 2 aliphatic carbocycles. The van der Waals surface area contributed by atoms with Crippen molar-refractivity contribution in [2.24, 2.45) is 22.7 Å². The molecule has 0 aromatic heterocycles. The summed E-state index contributed by atoms with van der Waals surface area (Å²) in [5.74, 6) is 0.259. The van der Waals surface area contributed by atoms with Gasteiger partial charge >= 0.3 is 11.9 Å². The minimum Gasteiger partial charge on any atom is -0.436 e. The molecule has 0 amide bonds. The predicted octanol–water partition coefficient (Wildman–Crippen LogP) is 5.30. The van der Waals surface area contributed by atoms with Crippen LogP contribution in [0.4, 0.5) is 0 Å². The summed E-state index contributed by atoms with van der Waals surface area (Å²) in [6, 6.07) is 0. The number of carbonyl (C=O) groups excluding carboxylic acids is 2. The van der Waals surface area contributed by atoms with E-state index in [0.717, 1.165) is 18.4 Å². The molecule has 0 aromatic carbocycles. The lowest BCUT2D eigenvalue weighted by Crippen LogP contribution is -2.50. The van der Waals surface area contributed by atoms with E-state index in [4.69, 9.17) is 14.2 Å². The molecular weight excluding hydrogens is 368 g/mol. The monoisotopic (exact) mass is 404 g/mol. The van der Waals surface area contributed by atoms with E-state index >= 15 is 0 Å². The van der Waals surface area contributed by atoms with Crippen LogP contribution in [0.3, 0.4) is 0 Å². The Kier molecular flexibility index (Phi) is 6.28. The first-order valence-corrected chi connectivity index (χ1v) is 10.9. The van der Waals surface area contributed by atoms with E-state index in [9.17, 15) is 9.59 Å². The lowest BCUT2D eigenvalue weighted by atomic mass is 9.47. The first-order chi connectivity index (χ1) is 13.5. The Morgan fingerprint density at radius 1 is 1.21 bits per heavy atom. The standard InChI is InChI=1S/C24H36O5/c1-15-8-9-21-23(4,5)10-7-11-24(21,6)19(15)13-20-18(14-27-16(2)25)12-22(29-20)28-17(3)26/h14,19-22H,1,7-13H2,2-6H3. The van der Waals surface area contributed by atoms with Gasteiger partial charge in [0.1, 0.15) is 0 Å². The third-order valence-corrected chi connectivity index (χ3v) is 7.57. The Morgan fingerprint density at radius 2 is 1.93 bits per heavy atom. The third kappa shape index (κ3) is 4.60. The number of ether oxygens (including phenoxy) is 3. The fraction of sp³-hybridized carbons (Fsp3) is 0.750. The summed E-state index contributed by atoms with van der Waals surface area (Å²) in [4.78, 5) is 22.7. The normalized spacial score (nSPS) is 37.8. The van der Waals surface area contributed by atoms with Gasteiger partial charge in [-0.25, -0.2) is 0 Å². The fourth-order valence-electron chi connectivity index (χ4n) is 6.31. The highest BCUT2D eigenvalue weighted by Crippen LogP contribution is 2.62. The van der Waals surface area contributed by atoms with Crippen molar-refractivity contribution < 1.29 is 23.8 Å². The molecule has 1 saturated heterocycles. The molecule has 3 aliphatic rings. The molecule has 5 atom stereocenters. The van der Waals surface area contributed by atoms with E-state index in [1.165, 1.54) is 51.4 Å². The highest BCUT2D eigenvalue weighted by Gasteiger charge is 2.53. The number of hydrogen-bond donors (Lipinski definition) is 0. The van der Waals surface area contributed by atoms with Crippen LogP contribution in [0, 0.1) is 22.7 Å². The quantitative estimate of drug-likeness (QED) is 0.361. The Hall–Kier alpha value is -1.62. The largest absolute Gasteiger partial charge is 0.436 e. The molecule has 1 heterocycles. The molecule has 5 unspecified atom stereocenters. The Balaban J connectivity index is 1.84. The van der Waals surface area contributed by atoms with Gasteiger partial charge in [0.05, 0.1) is 12.4 Å². The van der Waals surface area contributed by atoms with Crippen LogP contribution in [0.15, 0.2) is 24.0 Å². The van der Waals surface area contributed by atoms with Gasteiger partial charge < -0.3 is 14.2 Å². The minimum atomic E-state index is -0.623. The van der Waals surface area contributed by atoms with E-state index < -0.39 is 6.29 Å². The number of fused-ring (bicyclic) bond motifs is 1. The lowest BCUT2D eigenvalue weighted by molar-refractivity contribution is -0.174. The van der Waals surface area contributed by atoms with Gasteiger partial charge in [-0.05, 0) is 54.8 Å². The molecule has 5 nitrogen and oxygen atoms in total. The van der Waals surface area contributed by atoms with Crippen molar-refractivity contribution in [1.82, 2.24) is 0 Å². The van der Waals surface area contributed by atoms with Crippen LogP contribution in [0.5, 0.6) is 0 Å². The van der Waals surface area contributed by atoms with Crippen LogP contribution in [-0.2, 0) is 23.8 Å². The van der Waals surface area contributed by atoms with Crippen molar-refractivity contribution in [3.8, 4) is 0 Å². The summed E-state index contributed by atoms with van der Waals surface area (Å²) in [7, 11) is 0. The highest BCUT2D eigenvalue weighted by atomic mass is 16.7. The summed E-state index contributed by atoms with van der Waals surface area (Å²) < 4.78 is 16.5. The van der Waals surface area contributed by atoms with Crippen LogP contribution in [0.25, 0.3) is 0 Å². The van der Waals surface area contributed by atoms with Gasteiger partial charge in [-0.1, -0.05) is 39.3 Å². The Bertz CT molecular complexity index is 706. The Labute approximate surface area is 174 Å². The maximum absolute atomic E-state index is 11.4. The number of rotatable bonds is 4. The zero-order chi connectivity index (χ0) is 21.4. The van der Waals surface area contributed by atoms with Crippen molar-refractivity contribution in [2.45, 2.75) is 92.0 Å². The van der Waals surface area contributed by atoms with Crippen LogP contribution < -0.4 is 0 Å². The summed E-state index contributed by atoms with van der Waals surface area (Å²) in [6.45, 7) is 14.5. The lowest BCUT2D eigenvalue weighted by Gasteiger charge is -2.58. The molecule has 2 saturated carbocycles. The molecular formula is C24H36O5. The average molecular weight is 405 g/mol. The summed E-state index contributed by atoms with van der Waals surface area (Å²) in [6.07, 6.45) is 7.83. The van der Waals surface area contributed by atoms with Gasteiger partial charge in [0.25, 0.3) is 0 Å².